The predicted octanol–water partition coefficient (Wildman–Crippen LogP) is 2.55. The smallest absolute Gasteiger partial charge is 0.460 e. The summed E-state index contributed by atoms with van der Waals surface area (Å²) in [5.41, 5.74) is -0.545. The molecule has 2 fully saturated rings. The van der Waals surface area contributed by atoms with Crippen LogP contribution in [-0.4, -0.2) is 64.1 Å². The van der Waals surface area contributed by atoms with Gasteiger partial charge in [0.15, 0.2) is 0 Å². The van der Waals surface area contributed by atoms with E-state index in [2.05, 4.69) is 9.97 Å². The third-order valence-corrected chi connectivity index (χ3v) is 5.54. The average molecular weight is 405 g/mol. The van der Waals surface area contributed by atoms with E-state index >= 15 is 0 Å². The van der Waals surface area contributed by atoms with Crippen molar-refractivity contribution >= 4 is 18.7 Å². The Kier molecular flexibility index (Phi) is 5.84. The van der Waals surface area contributed by atoms with Gasteiger partial charge in [0.1, 0.15) is 11.7 Å². The van der Waals surface area contributed by atoms with Crippen molar-refractivity contribution in [2.75, 3.05) is 13.1 Å². The Bertz CT molecular complexity index is 709. The number of aromatic nitrogens is 2. The van der Waals surface area contributed by atoms with Crippen LogP contribution in [0.4, 0.5) is 4.79 Å². The summed E-state index contributed by atoms with van der Waals surface area (Å²) in [7, 11) is -0.494. The van der Waals surface area contributed by atoms with Gasteiger partial charge in [0.05, 0.1) is 11.2 Å². The first kappa shape index (κ1) is 21.8. The molecule has 0 atom stereocenters. The van der Waals surface area contributed by atoms with Crippen molar-refractivity contribution in [3.63, 3.8) is 0 Å². The van der Waals surface area contributed by atoms with Gasteiger partial charge in [0, 0.05) is 43.8 Å². The van der Waals surface area contributed by atoms with Crippen LogP contribution in [0, 0.1) is 0 Å². The lowest BCUT2D eigenvalue weighted by molar-refractivity contribution is 0.00578. The third kappa shape index (κ3) is 5.19. The van der Waals surface area contributed by atoms with Crippen LogP contribution in [0.3, 0.4) is 0 Å². The molecular formula is C20H32BN3O5. The van der Waals surface area contributed by atoms with Crippen LogP contribution in [0.15, 0.2) is 12.4 Å². The number of hydrogen-bond acceptors (Lipinski definition) is 7. The van der Waals surface area contributed by atoms with E-state index in [1.807, 2.05) is 48.5 Å². The molecule has 29 heavy (non-hydrogen) atoms. The maximum Gasteiger partial charge on any atom is 0.498 e. The molecule has 2 saturated heterocycles. The summed E-state index contributed by atoms with van der Waals surface area (Å²) in [6.07, 6.45) is 4.47. The van der Waals surface area contributed by atoms with Gasteiger partial charge in [-0.25, -0.2) is 14.8 Å². The van der Waals surface area contributed by atoms with Crippen molar-refractivity contribution in [1.82, 2.24) is 14.9 Å². The summed E-state index contributed by atoms with van der Waals surface area (Å²) in [4.78, 5) is 22.5. The maximum absolute atomic E-state index is 12.1. The fraction of sp³-hybridized carbons (Fsp3) is 0.750. The summed E-state index contributed by atoms with van der Waals surface area (Å²) in [5, 5.41) is 0. The Morgan fingerprint density at radius 2 is 1.62 bits per heavy atom. The molecule has 1 aromatic heterocycles. The molecule has 0 radical (unpaired) electrons. The minimum atomic E-state index is -0.494. The SMILES string of the molecule is CC(C)(C)OC(=O)N1CCC(Oc2ncc(B3OC(C)(C)C(C)(C)O3)cn2)CC1. The molecule has 2 aliphatic heterocycles. The summed E-state index contributed by atoms with van der Waals surface area (Å²) in [6, 6.07) is 0.320. The number of amides is 1. The molecule has 0 spiro atoms. The fourth-order valence-corrected chi connectivity index (χ4v) is 3.12. The van der Waals surface area contributed by atoms with Crippen LogP contribution in [0.5, 0.6) is 6.01 Å². The van der Waals surface area contributed by atoms with E-state index in [1.54, 1.807) is 17.3 Å². The molecule has 2 aliphatic rings. The highest BCUT2D eigenvalue weighted by Crippen LogP contribution is 2.36. The van der Waals surface area contributed by atoms with Crippen LogP contribution in [-0.2, 0) is 14.0 Å². The minimum Gasteiger partial charge on any atom is -0.460 e. The number of ether oxygens (including phenoxy) is 2. The number of rotatable bonds is 3. The van der Waals surface area contributed by atoms with Crippen LogP contribution in [0.2, 0.25) is 0 Å². The highest BCUT2D eigenvalue weighted by Gasteiger charge is 2.52. The summed E-state index contributed by atoms with van der Waals surface area (Å²) in [6.45, 7) is 14.8. The van der Waals surface area contributed by atoms with E-state index in [1.165, 1.54) is 0 Å². The van der Waals surface area contributed by atoms with Gasteiger partial charge in [-0.05, 0) is 48.5 Å². The van der Waals surface area contributed by atoms with Crippen LogP contribution < -0.4 is 10.2 Å². The van der Waals surface area contributed by atoms with Gasteiger partial charge in [-0.2, -0.15) is 0 Å². The Hall–Kier alpha value is -1.87. The number of likely N-dealkylation sites (tertiary alicyclic amines) is 1. The van der Waals surface area contributed by atoms with E-state index in [0.717, 1.165) is 5.46 Å². The topological polar surface area (TPSA) is 83.0 Å². The van der Waals surface area contributed by atoms with Crippen LogP contribution >= 0.6 is 0 Å². The molecule has 0 saturated carbocycles. The molecule has 160 valence electrons. The minimum absolute atomic E-state index is 0.0311. The number of hydrogen-bond donors (Lipinski definition) is 0. The Morgan fingerprint density at radius 3 is 2.10 bits per heavy atom. The molecular weight excluding hydrogens is 373 g/mol. The lowest BCUT2D eigenvalue weighted by Gasteiger charge is -2.33. The maximum atomic E-state index is 12.1. The second-order valence-corrected chi connectivity index (χ2v) is 9.67. The number of piperidine rings is 1. The van der Waals surface area contributed by atoms with E-state index < -0.39 is 23.9 Å². The molecule has 0 aromatic carbocycles. The molecule has 9 heteroatoms. The van der Waals surface area contributed by atoms with E-state index in [0.29, 0.717) is 31.9 Å². The number of nitrogens with zero attached hydrogens (tertiary/aromatic N) is 3. The van der Waals surface area contributed by atoms with Gasteiger partial charge in [-0.15, -0.1) is 0 Å². The molecule has 0 bridgehead atoms. The molecule has 0 aliphatic carbocycles. The van der Waals surface area contributed by atoms with Gasteiger partial charge in [-0.3, -0.25) is 0 Å². The standard InChI is InChI=1S/C20H32BN3O5/c1-18(2,3)27-17(25)24-10-8-15(9-11-24)26-16-22-12-14(13-23-16)21-28-19(4,5)20(6,7)29-21/h12-13,15H,8-11H2,1-7H3. The van der Waals surface area contributed by atoms with Crippen molar-refractivity contribution in [3.8, 4) is 6.01 Å². The summed E-state index contributed by atoms with van der Waals surface area (Å²) >= 11 is 0. The van der Waals surface area contributed by atoms with E-state index in [-0.39, 0.29) is 12.2 Å². The zero-order chi connectivity index (χ0) is 21.4. The largest absolute Gasteiger partial charge is 0.498 e. The molecule has 1 aromatic rings. The summed E-state index contributed by atoms with van der Waals surface area (Å²) < 4.78 is 23.4. The Morgan fingerprint density at radius 1 is 1.10 bits per heavy atom. The second kappa shape index (κ2) is 7.76. The van der Waals surface area contributed by atoms with Crippen molar-refractivity contribution in [2.24, 2.45) is 0 Å². The van der Waals surface area contributed by atoms with Gasteiger partial charge in [-0.1, -0.05) is 0 Å². The van der Waals surface area contributed by atoms with Gasteiger partial charge in [0.25, 0.3) is 0 Å². The fourth-order valence-electron chi connectivity index (χ4n) is 3.12. The zero-order valence-corrected chi connectivity index (χ0v) is 18.5. The molecule has 0 N–H and O–H groups in total. The first-order valence-electron chi connectivity index (χ1n) is 10.2. The number of carbonyl (C=O) groups is 1. The van der Waals surface area contributed by atoms with E-state index in [9.17, 15) is 4.79 Å². The van der Waals surface area contributed by atoms with Crippen molar-refractivity contribution < 1.29 is 23.6 Å². The van der Waals surface area contributed by atoms with Crippen molar-refractivity contribution in [2.45, 2.75) is 84.2 Å². The lowest BCUT2D eigenvalue weighted by atomic mass is 9.81. The highest BCUT2D eigenvalue weighted by molar-refractivity contribution is 6.61. The Labute approximate surface area is 173 Å². The van der Waals surface area contributed by atoms with Gasteiger partial charge in [0.2, 0.25) is 0 Å². The van der Waals surface area contributed by atoms with E-state index in [4.69, 9.17) is 18.8 Å². The average Bonchev–Trinajstić information content (AvgIpc) is 2.82. The quantitative estimate of drug-likeness (QED) is 0.715. The second-order valence-electron chi connectivity index (χ2n) is 9.67. The molecule has 1 amide bonds. The first-order chi connectivity index (χ1) is 13.4. The van der Waals surface area contributed by atoms with Crippen molar-refractivity contribution in [1.29, 1.82) is 0 Å². The molecule has 0 unspecified atom stereocenters. The number of carbonyl (C=O) groups excluding carboxylic acids is 1. The summed E-state index contributed by atoms with van der Waals surface area (Å²) in [5.74, 6) is 0. The first-order valence-corrected chi connectivity index (χ1v) is 10.2. The monoisotopic (exact) mass is 405 g/mol. The van der Waals surface area contributed by atoms with Gasteiger partial charge >= 0.3 is 19.2 Å². The molecule has 3 rings (SSSR count). The predicted molar refractivity (Wildman–Crippen MR) is 109 cm³/mol. The normalized spacial score (nSPS) is 21.9. The highest BCUT2D eigenvalue weighted by atomic mass is 16.7. The van der Waals surface area contributed by atoms with Gasteiger partial charge < -0.3 is 23.7 Å². The molecule has 3 heterocycles. The van der Waals surface area contributed by atoms with Crippen molar-refractivity contribution in [3.05, 3.63) is 12.4 Å². The Balaban J connectivity index is 1.51. The van der Waals surface area contributed by atoms with Crippen LogP contribution in [0.1, 0.15) is 61.3 Å². The molecule has 8 nitrogen and oxygen atoms in total. The van der Waals surface area contributed by atoms with Crippen LogP contribution in [0.25, 0.3) is 0 Å². The lowest BCUT2D eigenvalue weighted by Crippen LogP contribution is -2.44. The third-order valence-electron chi connectivity index (χ3n) is 5.54. The zero-order valence-electron chi connectivity index (χ0n) is 18.5.